The predicted molar refractivity (Wildman–Crippen MR) is 80.9 cm³/mol. The summed E-state index contributed by atoms with van der Waals surface area (Å²) in [4.78, 5) is 11.7. The minimum atomic E-state index is -0.0665. The van der Waals surface area contributed by atoms with E-state index in [2.05, 4.69) is 15.5 Å². The van der Waals surface area contributed by atoms with Crippen molar-refractivity contribution in [2.45, 2.75) is 12.7 Å². The van der Waals surface area contributed by atoms with E-state index in [9.17, 15) is 4.79 Å². The van der Waals surface area contributed by atoms with Crippen LogP contribution in [0, 0.1) is 6.92 Å². The maximum atomic E-state index is 11.7. The van der Waals surface area contributed by atoms with Crippen molar-refractivity contribution in [3.05, 3.63) is 39.9 Å². The molecular formula is C12H12ClN3OS2. The number of carbonyl (C=O) groups excluding carboxylic acids is 1. The van der Waals surface area contributed by atoms with E-state index in [0.717, 1.165) is 16.3 Å². The molecule has 7 heteroatoms. The monoisotopic (exact) mass is 313 g/mol. The first-order valence-electron chi connectivity index (χ1n) is 5.55. The normalized spacial score (nSPS) is 10.4. The summed E-state index contributed by atoms with van der Waals surface area (Å²) in [5, 5.41) is 12.5. The standard InChI is InChI=1S/C12H12ClN3OS2/c1-8-15-16-12(19-8)14-11(17)7-18-6-9-3-2-4-10(13)5-9/h2-5H,6-7H2,1H3,(H,14,16,17). The lowest BCUT2D eigenvalue weighted by atomic mass is 10.2. The molecule has 0 saturated heterocycles. The van der Waals surface area contributed by atoms with E-state index in [1.807, 2.05) is 31.2 Å². The minimum absolute atomic E-state index is 0.0665. The second-order valence-corrected chi connectivity index (χ2v) is 6.40. The highest BCUT2D eigenvalue weighted by Crippen LogP contribution is 2.18. The number of amides is 1. The van der Waals surface area contributed by atoms with Crippen LogP contribution in [-0.4, -0.2) is 21.9 Å². The summed E-state index contributed by atoms with van der Waals surface area (Å²) >= 11 is 8.80. The van der Waals surface area contributed by atoms with Crippen LogP contribution < -0.4 is 5.32 Å². The van der Waals surface area contributed by atoms with Gasteiger partial charge in [0.2, 0.25) is 11.0 Å². The lowest BCUT2D eigenvalue weighted by Crippen LogP contribution is -2.13. The van der Waals surface area contributed by atoms with Crippen LogP contribution in [0.1, 0.15) is 10.6 Å². The molecule has 1 N–H and O–H groups in total. The van der Waals surface area contributed by atoms with Gasteiger partial charge in [-0.3, -0.25) is 10.1 Å². The third kappa shape index (κ3) is 4.81. The predicted octanol–water partition coefficient (Wildman–Crippen LogP) is 3.37. The summed E-state index contributed by atoms with van der Waals surface area (Å²) in [7, 11) is 0. The number of halogens is 1. The topological polar surface area (TPSA) is 54.9 Å². The number of thioether (sulfide) groups is 1. The van der Waals surface area contributed by atoms with Gasteiger partial charge in [0.25, 0.3) is 0 Å². The first-order valence-corrected chi connectivity index (χ1v) is 7.90. The number of nitrogens with one attached hydrogen (secondary N) is 1. The molecule has 1 amide bonds. The molecule has 0 unspecified atom stereocenters. The van der Waals surface area contributed by atoms with Gasteiger partial charge in [-0.1, -0.05) is 35.1 Å². The molecule has 0 spiro atoms. The van der Waals surface area contributed by atoms with Gasteiger partial charge in [-0.2, -0.15) is 0 Å². The molecule has 1 aromatic carbocycles. The molecule has 2 aromatic rings. The van der Waals surface area contributed by atoms with Crippen LogP contribution in [0.25, 0.3) is 0 Å². The Hall–Kier alpha value is -1.11. The van der Waals surface area contributed by atoms with Gasteiger partial charge in [0, 0.05) is 10.8 Å². The Balaban J connectivity index is 1.75. The average molecular weight is 314 g/mol. The zero-order valence-electron chi connectivity index (χ0n) is 10.2. The van der Waals surface area contributed by atoms with Crippen LogP contribution in [0.2, 0.25) is 5.02 Å². The Morgan fingerprint density at radius 2 is 2.32 bits per heavy atom. The molecule has 0 aliphatic carbocycles. The molecule has 1 aromatic heterocycles. The second kappa shape index (κ2) is 6.88. The Morgan fingerprint density at radius 3 is 3.00 bits per heavy atom. The second-order valence-electron chi connectivity index (χ2n) is 3.80. The molecule has 1 heterocycles. The van der Waals surface area contributed by atoms with Gasteiger partial charge in [-0.05, 0) is 24.6 Å². The van der Waals surface area contributed by atoms with Crippen molar-refractivity contribution >= 4 is 45.7 Å². The summed E-state index contributed by atoms with van der Waals surface area (Å²) in [5.74, 6) is 1.07. The number of aryl methyl sites for hydroxylation is 1. The quantitative estimate of drug-likeness (QED) is 0.919. The number of rotatable bonds is 5. The molecule has 19 heavy (non-hydrogen) atoms. The average Bonchev–Trinajstić information content (AvgIpc) is 2.75. The molecule has 0 saturated carbocycles. The molecule has 0 fully saturated rings. The Kier molecular flexibility index (Phi) is 5.18. The van der Waals surface area contributed by atoms with Crippen LogP contribution in [0.4, 0.5) is 5.13 Å². The number of anilines is 1. The fourth-order valence-electron chi connectivity index (χ4n) is 1.39. The SMILES string of the molecule is Cc1nnc(NC(=O)CSCc2cccc(Cl)c2)s1. The van der Waals surface area contributed by atoms with Crippen molar-refractivity contribution in [2.75, 3.05) is 11.1 Å². The van der Waals surface area contributed by atoms with Gasteiger partial charge < -0.3 is 0 Å². The van der Waals surface area contributed by atoms with Gasteiger partial charge in [0.1, 0.15) is 5.01 Å². The lowest BCUT2D eigenvalue weighted by molar-refractivity contribution is -0.113. The number of aromatic nitrogens is 2. The van der Waals surface area contributed by atoms with Crippen molar-refractivity contribution < 1.29 is 4.79 Å². The number of hydrogen-bond acceptors (Lipinski definition) is 5. The third-order valence-corrected chi connectivity index (χ3v) is 4.16. The zero-order valence-corrected chi connectivity index (χ0v) is 12.6. The van der Waals surface area contributed by atoms with E-state index in [-0.39, 0.29) is 5.91 Å². The van der Waals surface area contributed by atoms with Crippen LogP contribution >= 0.6 is 34.7 Å². The fraction of sp³-hybridized carbons (Fsp3) is 0.250. The molecule has 0 aliphatic heterocycles. The van der Waals surface area contributed by atoms with Gasteiger partial charge in [0.15, 0.2) is 0 Å². The van der Waals surface area contributed by atoms with E-state index in [1.165, 1.54) is 23.1 Å². The van der Waals surface area contributed by atoms with Gasteiger partial charge in [-0.25, -0.2) is 0 Å². The number of hydrogen-bond donors (Lipinski definition) is 1. The van der Waals surface area contributed by atoms with Gasteiger partial charge in [-0.15, -0.1) is 22.0 Å². The number of nitrogens with zero attached hydrogens (tertiary/aromatic N) is 2. The third-order valence-electron chi connectivity index (χ3n) is 2.16. The summed E-state index contributed by atoms with van der Waals surface area (Å²) in [6.45, 7) is 1.85. The van der Waals surface area contributed by atoms with Crippen molar-refractivity contribution in [2.24, 2.45) is 0 Å². The van der Waals surface area contributed by atoms with Crippen molar-refractivity contribution in [3.8, 4) is 0 Å². The molecule has 2 rings (SSSR count). The van der Waals surface area contributed by atoms with Crippen LogP contribution in [-0.2, 0) is 10.5 Å². The fourth-order valence-corrected chi connectivity index (χ4v) is 2.99. The lowest BCUT2D eigenvalue weighted by Gasteiger charge is -2.02. The number of carbonyl (C=O) groups is 1. The Labute approximate surface area is 124 Å². The summed E-state index contributed by atoms with van der Waals surface area (Å²) in [6, 6.07) is 7.63. The maximum Gasteiger partial charge on any atom is 0.236 e. The molecule has 0 aliphatic rings. The molecule has 100 valence electrons. The summed E-state index contributed by atoms with van der Waals surface area (Å²) < 4.78 is 0. The molecule has 0 radical (unpaired) electrons. The van der Waals surface area contributed by atoms with Crippen LogP contribution in [0.3, 0.4) is 0 Å². The maximum absolute atomic E-state index is 11.7. The van der Waals surface area contributed by atoms with E-state index < -0.39 is 0 Å². The zero-order chi connectivity index (χ0) is 13.7. The van der Waals surface area contributed by atoms with Crippen LogP contribution in [0.15, 0.2) is 24.3 Å². The number of benzene rings is 1. The highest BCUT2D eigenvalue weighted by Gasteiger charge is 2.06. The highest BCUT2D eigenvalue weighted by molar-refractivity contribution is 7.99. The largest absolute Gasteiger partial charge is 0.300 e. The summed E-state index contributed by atoms with van der Waals surface area (Å²) in [6.07, 6.45) is 0. The van der Waals surface area contributed by atoms with Gasteiger partial charge >= 0.3 is 0 Å². The van der Waals surface area contributed by atoms with E-state index in [1.54, 1.807) is 0 Å². The highest BCUT2D eigenvalue weighted by atomic mass is 35.5. The van der Waals surface area contributed by atoms with E-state index >= 15 is 0 Å². The first-order chi connectivity index (χ1) is 9.13. The first kappa shape index (κ1) is 14.3. The smallest absolute Gasteiger partial charge is 0.236 e. The van der Waals surface area contributed by atoms with Gasteiger partial charge in [0.05, 0.1) is 5.75 Å². The van der Waals surface area contributed by atoms with E-state index in [0.29, 0.717) is 15.9 Å². The van der Waals surface area contributed by atoms with Crippen molar-refractivity contribution in [3.63, 3.8) is 0 Å². The minimum Gasteiger partial charge on any atom is -0.300 e. The van der Waals surface area contributed by atoms with Crippen molar-refractivity contribution in [1.29, 1.82) is 0 Å². The van der Waals surface area contributed by atoms with Crippen molar-refractivity contribution in [1.82, 2.24) is 10.2 Å². The van der Waals surface area contributed by atoms with E-state index in [4.69, 9.17) is 11.6 Å². The van der Waals surface area contributed by atoms with Crippen LogP contribution in [0.5, 0.6) is 0 Å². The Morgan fingerprint density at radius 1 is 1.47 bits per heavy atom. The summed E-state index contributed by atoms with van der Waals surface area (Å²) in [5.41, 5.74) is 1.11. The molecule has 4 nitrogen and oxygen atoms in total. The molecular weight excluding hydrogens is 302 g/mol. The molecule has 0 atom stereocenters. The Bertz CT molecular complexity index is 574. The molecule has 0 bridgehead atoms.